The third kappa shape index (κ3) is 3.30. The van der Waals surface area contributed by atoms with Crippen LogP contribution in [0.25, 0.3) is 0 Å². The molecule has 0 saturated heterocycles. The van der Waals surface area contributed by atoms with Crippen LogP contribution >= 0.6 is 0 Å². The van der Waals surface area contributed by atoms with Crippen molar-refractivity contribution < 1.29 is 14.2 Å². The first-order valence-corrected chi connectivity index (χ1v) is 6.03. The van der Waals surface area contributed by atoms with E-state index in [4.69, 9.17) is 15.6 Å². The van der Waals surface area contributed by atoms with Crippen molar-refractivity contribution in [3.63, 3.8) is 0 Å². The topological polar surface area (TPSA) is 55.5 Å². The Morgan fingerprint density at radius 1 is 1.21 bits per heavy atom. The van der Waals surface area contributed by atoms with Gasteiger partial charge in [0.15, 0.2) is 0 Å². The fourth-order valence-corrected chi connectivity index (χ4v) is 1.76. The molecule has 4 heteroatoms. The second-order valence-corrected chi connectivity index (χ2v) is 4.37. The van der Waals surface area contributed by atoms with Gasteiger partial charge in [0.1, 0.15) is 17.3 Å². The molecule has 0 saturated carbocycles. The summed E-state index contributed by atoms with van der Waals surface area (Å²) >= 11 is 0. The molecule has 0 fully saturated rings. The van der Waals surface area contributed by atoms with Gasteiger partial charge in [0.05, 0.1) is 6.61 Å². The first-order valence-electron chi connectivity index (χ1n) is 6.03. The third-order valence-corrected chi connectivity index (χ3v) is 2.80. The number of benzene rings is 2. The van der Waals surface area contributed by atoms with E-state index in [1.54, 1.807) is 37.3 Å². The van der Waals surface area contributed by atoms with Crippen LogP contribution in [-0.4, -0.2) is 5.11 Å². The molecule has 0 radical (unpaired) electrons. The van der Waals surface area contributed by atoms with Crippen molar-refractivity contribution in [2.75, 3.05) is 0 Å². The minimum atomic E-state index is -0.338. The third-order valence-electron chi connectivity index (χ3n) is 2.80. The minimum absolute atomic E-state index is 0.0120. The largest absolute Gasteiger partial charge is 0.457 e. The summed E-state index contributed by atoms with van der Waals surface area (Å²) in [4.78, 5) is 0. The number of nitrogens with two attached hydrogens (primary N) is 1. The summed E-state index contributed by atoms with van der Waals surface area (Å²) in [6.45, 7) is 1.76. The Morgan fingerprint density at radius 2 is 1.89 bits per heavy atom. The van der Waals surface area contributed by atoms with Crippen LogP contribution in [0.5, 0.6) is 11.5 Å². The highest BCUT2D eigenvalue weighted by Crippen LogP contribution is 2.29. The van der Waals surface area contributed by atoms with Gasteiger partial charge in [-0.15, -0.1) is 0 Å². The number of hydrogen-bond donors (Lipinski definition) is 2. The number of aliphatic hydroxyl groups excluding tert-OH is 1. The predicted molar refractivity (Wildman–Crippen MR) is 71.4 cm³/mol. The molecule has 0 aromatic heterocycles. The molecule has 0 spiro atoms. The van der Waals surface area contributed by atoms with Crippen molar-refractivity contribution >= 4 is 0 Å². The minimum Gasteiger partial charge on any atom is -0.457 e. The molecule has 3 nitrogen and oxygen atoms in total. The average molecular weight is 261 g/mol. The van der Waals surface area contributed by atoms with Gasteiger partial charge in [-0.25, -0.2) is 4.39 Å². The van der Waals surface area contributed by atoms with E-state index in [-0.39, 0.29) is 18.5 Å². The maximum absolute atomic E-state index is 13.2. The maximum Gasteiger partial charge on any atom is 0.132 e. The zero-order valence-electron chi connectivity index (χ0n) is 10.6. The van der Waals surface area contributed by atoms with Crippen LogP contribution in [0.4, 0.5) is 4.39 Å². The van der Waals surface area contributed by atoms with Gasteiger partial charge in [-0.1, -0.05) is 12.1 Å². The van der Waals surface area contributed by atoms with Gasteiger partial charge in [0.25, 0.3) is 0 Å². The van der Waals surface area contributed by atoms with Crippen LogP contribution in [-0.2, 0) is 6.61 Å². The fraction of sp³-hybridized carbons (Fsp3) is 0.200. The highest BCUT2D eigenvalue weighted by Gasteiger charge is 2.10. The zero-order chi connectivity index (χ0) is 13.8. The highest BCUT2D eigenvalue weighted by molar-refractivity contribution is 5.40. The summed E-state index contributed by atoms with van der Waals surface area (Å²) < 4.78 is 18.9. The number of hydrogen-bond acceptors (Lipinski definition) is 3. The summed E-state index contributed by atoms with van der Waals surface area (Å²) in [5.41, 5.74) is 7.22. The SMILES string of the molecule is CC(N)c1cc(F)ccc1Oc1ccc(CO)cc1. The van der Waals surface area contributed by atoms with E-state index >= 15 is 0 Å². The van der Waals surface area contributed by atoms with Crippen LogP contribution in [0.15, 0.2) is 42.5 Å². The molecular weight excluding hydrogens is 245 g/mol. The fourth-order valence-electron chi connectivity index (χ4n) is 1.76. The van der Waals surface area contributed by atoms with E-state index < -0.39 is 0 Å². The van der Waals surface area contributed by atoms with Gasteiger partial charge in [-0.3, -0.25) is 0 Å². The van der Waals surface area contributed by atoms with Gasteiger partial charge in [-0.2, -0.15) is 0 Å². The normalized spacial score (nSPS) is 12.2. The van der Waals surface area contributed by atoms with Crippen LogP contribution in [0, 0.1) is 5.82 Å². The van der Waals surface area contributed by atoms with Crippen LogP contribution in [0.2, 0.25) is 0 Å². The first-order chi connectivity index (χ1) is 9.10. The molecule has 2 aromatic carbocycles. The molecule has 0 aliphatic heterocycles. The highest BCUT2D eigenvalue weighted by atomic mass is 19.1. The smallest absolute Gasteiger partial charge is 0.132 e. The average Bonchev–Trinajstić information content (AvgIpc) is 2.41. The molecule has 0 amide bonds. The zero-order valence-corrected chi connectivity index (χ0v) is 10.6. The summed E-state index contributed by atoms with van der Waals surface area (Å²) in [6, 6.07) is 11.0. The monoisotopic (exact) mass is 261 g/mol. The molecule has 0 bridgehead atoms. The second kappa shape index (κ2) is 5.82. The standard InChI is InChI=1S/C15H16FNO2/c1-10(17)14-8-12(16)4-7-15(14)19-13-5-2-11(9-18)3-6-13/h2-8,10,18H,9,17H2,1H3. The van der Waals surface area contributed by atoms with Gasteiger partial charge < -0.3 is 15.6 Å². The Bertz CT molecular complexity index is 553. The maximum atomic E-state index is 13.2. The molecular formula is C15H16FNO2. The van der Waals surface area contributed by atoms with E-state index in [1.165, 1.54) is 12.1 Å². The van der Waals surface area contributed by atoms with E-state index in [1.807, 2.05) is 0 Å². The van der Waals surface area contributed by atoms with Crippen LogP contribution in [0.1, 0.15) is 24.1 Å². The lowest BCUT2D eigenvalue weighted by Gasteiger charge is -2.14. The van der Waals surface area contributed by atoms with Crippen molar-refractivity contribution in [3.8, 4) is 11.5 Å². The lowest BCUT2D eigenvalue weighted by atomic mass is 10.1. The lowest BCUT2D eigenvalue weighted by Crippen LogP contribution is -2.07. The predicted octanol–water partition coefficient (Wildman–Crippen LogP) is 3.13. The van der Waals surface area contributed by atoms with E-state index in [2.05, 4.69) is 0 Å². The molecule has 1 unspecified atom stereocenters. The Hall–Kier alpha value is -1.91. The Kier molecular flexibility index (Phi) is 4.14. The lowest BCUT2D eigenvalue weighted by molar-refractivity contribution is 0.281. The molecule has 0 heterocycles. The molecule has 3 N–H and O–H groups in total. The molecule has 19 heavy (non-hydrogen) atoms. The van der Waals surface area contributed by atoms with Crippen molar-refractivity contribution in [1.82, 2.24) is 0 Å². The Balaban J connectivity index is 2.26. The summed E-state index contributed by atoms with van der Waals surface area (Å²) in [7, 11) is 0. The van der Waals surface area contributed by atoms with Gasteiger partial charge >= 0.3 is 0 Å². The van der Waals surface area contributed by atoms with Crippen molar-refractivity contribution in [2.45, 2.75) is 19.6 Å². The van der Waals surface area contributed by atoms with Crippen molar-refractivity contribution in [3.05, 3.63) is 59.4 Å². The van der Waals surface area contributed by atoms with E-state index in [9.17, 15) is 4.39 Å². The Morgan fingerprint density at radius 3 is 2.47 bits per heavy atom. The summed E-state index contributed by atoms with van der Waals surface area (Å²) in [6.07, 6.45) is 0. The van der Waals surface area contributed by atoms with Crippen LogP contribution < -0.4 is 10.5 Å². The molecule has 100 valence electrons. The van der Waals surface area contributed by atoms with Crippen molar-refractivity contribution in [2.24, 2.45) is 5.73 Å². The number of ether oxygens (including phenoxy) is 1. The molecule has 0 aliphatic carbocycles. The second-order valence-electron chi connectivity index (χ2n) is 4.37. The number of halogens is 1. The van der Waals surface area contributed by atoms with E-state index in [0.717, 1.165) is 5.56 Å². The molecule has 0 aliphatic rings. The summed E-state index contributed by atoms with van der Waals surface area (Å²) in [5.74, 6) is 0.814. The van der Waals surface area contributed by atoms with E-state index in [0.29, 0.717) is 17.1 Å². The Labute approximate surface area is 111 Å². The van der Waals surface area contributed by atoms with Crippen LogP contribution in [0.3, 0.4) is 0 Å². The molecule has 2 aromatic rings. The molecule has 1 atom stereocenters. The quantitative estimate of drug-likeness (QED) is 0.889. The van der Waals surface area contributed by atoms with Gasteiger partial charge in [0.2, 0.25) is 0 Å². The number of aliphatic hydroxyl groups is 1. The number of rotatable bonds is 4. The van der Waals surface area contributed by atoms with Crippen molar-refractivity contribution in [1.29, 1.82) is 0 Å². The first kappa shape index (κ1) is 13.5. The van der Waals surface area contributed by atoms with Gasteiger partial charge in [0, 0.05) is 11.6 Å². The van der Waals surface area contributed by atoms with Gasteiger partial charge in [-0.05, 0) is 42.8 Å². The molecule has 2 rings (SSSR count). The summed E-state index contributed by atoms with van der Waals surface area (Å²) in [5, 5.41) is 8.97.